The molecule has 130 valence electrons. The number of hydrogen-bond donors (Lipinski definition) is 2. The van der Waals surface area contributed by atoms with E-state index in [1.165, 1.54) is 4.90 Å². The maximum atomic E-state index is 4.66. The van der Waals surface area contributed by atoms with Crippen LogP contribution in [0.3, 0.4) is 0 Å². The summed E-state index contributed by atoms with van der Waals surface area (Å²) in [6, 6.07) is 16.3. The molecule has 4 aromatic rings. The van der Waals surface area contributed by atoms with Gasteiger partial charge in [0.25, 0.3) is 0 Å². The average Bonchev–Trinajstić information content (AvgIpc) is 3.09. The molecule has 2 heterocycles. The number of imidazole rings is 1. The van der Waals surface area contributed by atoms with Gasteiger partial charge in [-0.15, -0.1) is 11.8 Å². The quantitative estimate of drug-likeness (QED) is 0.474. The molecule has 2 N–H and O–H groups in total. The van der Waals surface area contributed by atoms with Gasteiger partial charge in [0.05, 0.1) is 23.1 Å². The van der Waals surface area contributed by atoms with Crippen LogP contribution in [0, 0.1) is 0 Å². The Morgan fingerprint density at radius 3 is 2.85 bits per heavy atom. The van der Waals surface area contributed by atoms with Crippen molar-refractivity contribution in [3.05, 3.63) is 61.1 Å². The molecule has 0 bridgehead atoms. The minimum atomic E-state index is 0.544. The summed E-state index contributed by atoms with van der Waals surface area (Å²) >= 11 is 1.83. The predicted octanol–water partition coefficient (Wildman–Crippen LogP) is 5.26. The number of rotatable bonds is 5. The highest BCUT2D eigenvalue weighted by Crippen LogP contribution is 2.27. The van der Waals surface area contributed by atoms with E-state index in [1.54, 1.807) is 12.5 Å². The minimum absolute atomic E-state index is 0.544. The van der Waals surface area contributed by atoms with Crippen molar-refractivity contribution in [1.29, 1.82) is 0 Å². The first-order chi connectivity index (χ1) is 12.7. The highest BCUT2D eigenvalue weighted by molar-refractivity contribution is 7.99. The van der Waals surface area contributed by atoms with Crippen molar-refractivity contribution in [3.63, 3.8) is 0 Å². The monoisotopic (exact) mass is 361 g/mol. The third-order valence-electron chi connectivity index (χ3n) is 3.83. The smallest absolute Gasteiger partial charge is 0.227 e. The number of anilines is 2. The Kier molecular flexibility index (Phi) is 4.58. The standard InChI is InChI=1S/C20H19N5S/c1-13(2)26-16-5-3-4-15(11-16)24-20-21-9-8-17(25-20)14-6-7-18-19(10-14)23-12-22-18/h3-13H,1-2H3,(H,22,23)(H,21,24,25). The van der Waals surface area contributed by atoms with Crippen molar-refractivity contribution >= 4 is 34.4 Å². The fraction of sp³-hybridized carbons (Fsp3) is 0.150. The van der Waals surface area contributed by atoms with Gasteiger partial charge >= 0.3 is 0 Å². The van der Waals surface area contributed by atoms with E-state index in [4.69, 9.17) is 0 Å². The zero-order valence-electron chi connectivity index (χ0n) is 14.6. The van der Waals surface area contributed by atoms with E-state index in [1.807, 2.05) is 48.2 Å². The topological polar surface area (TPSA) is 66.5 Å². The SMILES string of the molecule is CC(C)Sc1cccc(Nc2nccc(-c3ccc4nc[nH]c4c3)n2)c1. The van der Waals surface area contributed by atoms with Crippen LogP contribution in [0.1, 0.15) is 13.8 Å². The van der Waals surface area contributed by atoms with Crippen LogP contribution in [0.25, 0.3) is 22.3 Å². The van der Waals surface area contributed by atoms with E-state index in [9.17, 15) is 0 Å². The number of hydrogen-bond acceptors (Lipinski definition) is 5. The summed E-state index contributed by atoms with van der Waals surface area (Å²) < 4.78 is 0. The van der Waals surface area contributed by atoms with Crippen LogP contribution in [0.5, 0.6) is 0 Å². The average molecular weight is 361 g/mol. The number of H-pyrrole nitrogens is 1. The first kappa shape index (κ1) is 16.6. The summed E-state index contributed by atoms with van der Waals surface area (Å²) in [7, 11) is 0. The number of benzene rings is 2. The van der Waals surface area contributed by atoms with Crippen molar-refractivity contribution in [2.45, 2.75) is 24.0 Å². The van der Waals surface area contributed by atoms with E-state index < -0.39 is 0 Å². The highest BCUT2D eigenvalue weighted by atomic mass is 32.2. The molecule has 2 aromatic heterocycles. The second-order valence-corrected chi connectivity index (χ2v) is 7.87. The van der Waals surface area contributed by atoms with Gasteiger partial charge in [-0.25, -0.2) is 15.0 Å². The van der Waals surface area contributed by atoms with Crippen LogP contribution in [0.15, 0.2) is 66.0 Å². The zero-order chi connectivity index (χ0) is 17.9. The van der Waals surface area contributed by atoms with Crippen LogP contribution in [-0.4, -0.2) is 25.2 Å². The molecule has 0 aliphatic heterocycles. The Morgan fingerprint density at radius 1 is 1.04 bits per heavy atom. The van der Waals surface area contributed by atoms with Crippen LogP contribution in [-0.2, 0) is 0 Å². The lowest BCUT2D eigenvalue weighted by Crippen LogP contribution is -1.98. The second kappa shape index (κ2) is 7.17. The molecule has 0 aliphatic rings. The van der Waals surface area contributed by atoms with Gasteiger partial charge in [0.1, 0.15) is 0 Å². The van der Waals surface area contributed by atoms with Gasteiger partial charge in [-0.3, -0.25) is 0 Å². The first-order valence-electron chi connectivity index (χ1n) is 8.48. The van der Waals surface area contributed by atoms with Crippen LogP contribution >= 0.6 is 11.8 Å². The number of thioether (sulfide) groups is 1. The fourth-order valence-corrected chi connectivity index (χ4v) is 3.62. The number of aromatic nitrogens is 4. The highest BCUT2D eigenvalue weighted by Gasteiger charge is 2.06. The molecule has 26 heavy (non-hydrogen) atoms. The normalized spacial score (nSPS) is 11.2. The summed E-state index contributed by atoms with van der Waals surface area (Å²) in [4.78, 5) is 17.6. The molecule has 0 radical (unpaired) electrons. The van der Waals surface area contributed by atoms with E-state index in [2.05, 4.69) is 51.2 Å². The zero-order valence-corrected chi connectivity index (χ0v) is 15.4. The van der Waals surface area contributed by atoms with Gasteiger partial charge in [0.2, 0.25) is 5.95 Å². The minimum Gasteiger partial charge on any atom is -0.345 e. The molecule has 0 atom stereocenters. The number of aromatic amines is 1. The van der Waals surface area contributed by atoms with E-state index >= 15 is 0 Å². The summed E-state index contributed by atoms with van der Waals surface area (Å²) in [5.41, 5.74) is 4.81. The fourth-order valence-electron chi connectivity index (χ4n) is 2.72. The van der Waals surface area contributed by atoms with Crippen molar-refractivity contribution in [1.82, 2.24) is 19.9 Å². The van der Waals surface area contributed by atoms with Crippen molar-refractivity contribution in [3.8, 4) is 11.3 Å². The Morgan fingerprint density at radius 2 is 1.96 bits per heavy atom. The molecule has 0 spiro atoms. The largest absolute Gasteiger partial charge is 0.345 e. The Hall–Kier alpha value is -2.86. The Labute approximate surface area is 156 Å². The number of fused-ring (bicyclic) bond motifs is 1. The van der Waals surface area contributed by atoms with Gasteiger partial charge in [0, 0.05) is 27.6 Å². The van der Waals surface area contributed by atoms with Gasteiger partial charge in [0.15, 0.2) is 0 Å². The van der Waals surface area contributed by atoms with Crippen LogP contribution < -0.4 is 5.32 Å². The Balaban J connectivity index is 1.59. The van der Waals surface area contributed by atoms with Crippen molar-refractivity contribution in [2.75, 3.05) is 5.32 Å². The number of nitrogens with one attached hydrogen (secondary N) is 2. The molecular formula is C20H19N5S. The molecule has 0 fully saturated rings. The maximum absolute atomic E-state index is 4.66. The Bertz CT molecular complexity index is 1040. The second-order valence-electron chi connectivity index (χ2n) is 6.22. The van der Waals surface area contributed by atoms with E-state index in [0.29, 0.717) is 11.2 Å². The maximum Gasteiger partial charge on any atom is 0.227 e. The van der Waals surface area contributed by atoms with Gasteiger partial charge in [-0.1, -0.05) is 26.0 Å². The lowest BCUT2D eigenvalue weighted by atomic mass is 10.1. The van der Waals surface area contributed by atoms with Crippen molar-refractivity contribution < 1.29 is 0 Å². The summed E-state index contributed by atoms with van der Waals surface area (Å²) in [5.74, 6) is 0.582. The van der Waals surface area contributed by atoms with Crippen molar-refractivity contribution in [2.24, 2.45) is 0 Å². The molecule has 0 aliphatic carbocycles. The molecule has 6 heteroatoms. The first-order valence-corrected chi connectivity index (χ1v) is 9.36. The molecule has 4 rings (SSSR count). The van der Waals surface area contributed by atoms with Gasteiger partial charge in [-0.05, 0) is 36.4 Å². The van der Waals surface area contributed by atoms with E-state index in [-0.39, 0.29) is 0 Å². The van der Waals surface area contributed by atoms with Crippen LogP contribution in [0.4, 0.5) is 11.6 Å². The lowest BCUT2D eigenvalue weighted by molar-refractivity contribution is 1.11. The molecule has 0 amide bonds. The summed E-state index contributed by atoms with van der Waals surface area (Å²) in [6.45, 7) is 4.38. The third-order valence-corrected chi connectivity index (χ3v) is 4.83. The third kappa shape index (κ3) is 3.70. The van der Waals surface area contributed by atoms with Gasteiger partial charge < -0.3 is 10.3 Å². The molecule has 0 saturated carbocycles. The van der Waals surface area contributed by atoms with E-state index in [0.717, 1.165) is 28.0 Å². The molecule has 0 saturated heterocycles. The molecule has 2 aromatic carbocycles. The van der Waals surface area contributed by atoms with Crippen LogP contribution in [0.2, 0.25) is 0 Å². The summed E-state index contributed by atoms with van der Waals surface area (Å²) in [6.07, 6.45) is 3.47. The molecule has 0 unspecified atom stereocenters. The molecule has 5 nitrogen and oxygen atoms in total. The lowest BCUT2D eigenvalue weighted by Gasteiger charge is -2.09. The molecular weight excluding hydrogens is 342 g/mol. The number of nitrogens with zero attached hydrogens (tertiary/aromatic N) is 3. The summed E-state index contributed by atoms with van der Waals surface area (Å²) in [5, 5.41) is 3.85. The predicted molar refractivity (Wildman–Crippen MR) is 108 cm³/mol. The van der Waals surface area contributed by atoms with Gasteiger partial charge in [-0.2, -0.15) is 0 Å².